The summed E-state index contributed by atoms with van der Waals surface area (Å²) in [4.78, 5) is 32.7. The Bertz CT molecular complexity index is 1260. The van der Waals surface area contributed by atoms with Gasteiger partial charge in [0.05, 0.1) is 12.9 Å². The highest BCUT2D eigenvalue weighted by Crippen LogP contribution is 2.21. The summed E-state index contributed by atoms with van der Waals surface area (Å²) < 4.78 is 24.1. The first-order valence-corrected chi connectivity index (χ1v) is 9.04. The molecule has 9 nitrogen and oxygen atoms in total. The van der Waals surface area contributed by atoms with Crippen LogP contribution in [-0.4, -0.2) is 28.9 Å². The van der Waals surface area contributed by atoms with Gasteiger partial charge < -0.3 is 8.98 Å². The fraction of sp³-hybridized carbons (Fsp3) is 0.235. The molecule has 0 aliphatic heterocycles. The van der Waals surface area contributed by atoms with Gasteiger partial charge >= 0.3 is 5.76 Å². The van der Waals surface area contributed by atoms with Crippen LogP contribution >= 0.6 is 15.9 Å². The maximum Gasteiger partial charge on any atom is 0.437 e. The van der Waals surface area contributed by atoms with E-state index in [2.05, 4.69) is 31.0 Å². The maximum absolute atomic E-state index is 14.5. The van der Waals surface area contributed by atoms with Gasteiger partial charge in [-0.1, -0.05) is 28.1 Å². The van der Waals surface area contributed by atoms with Gasteiger partial charge in [0, 0.05) is 11.5 Å². The lowest BCUT2D eigenvalue weighted by Gasteiger charge is -2.07. The van der Waals surface area contributed by atoms with Gasteiger partial charge in [-0.2, -0.15) is 4.68 Å². The van der Waals surface area contributed by atoms with E-state index in [1.165, 1.54) is 17.2 Å². The van der Waals surface area contributed by atoms with Gasteiger partial charge in [0.15, 0.2) is 11.2 Å². The first-order valence-electron chi connectivity index (χ1n) is 8.25. The SMILES string of the molecule is Cn1cnc2ncn(Cc3nn(CC(F)c4ccc(Br)cc4)c(=O)o3)c(=O)c21. The maximum atomic E-state index is 14.5. The molecule has 11 heteroatoms. The fourth-order valence-electron chi connectivity index (χ4n) is 2.79. The van der Waals surface area contributed by atoms with E-state index in [9.17, 15) is 14.0 Å². The van der Waals surface area contributed by atoms with E-state index < -0.39 is 11.9 Å². The van der Waals surface area contributed by atoms with E-state index in [0.717, 1.165) is 9.15 Å². The second-order valence-electron chi connectivity index (χ2n) is 6.17. The monoisotopic (exact) mass is 448 g/mol. The fourth-order valence-corrected chi connectivity index (χ4v) is 3.05. The third kappa shape index (κ3) is 3.40. The zero-order valence-electron chi connectivity index (χ0n) is 14.6. The molecule has 1 aromatic carbocycles. The summed E-state index contributed by atoms with van der Waals surface area (Å²) in [6.07, 6.45) is 1.36. The van der Waals surface area contributed by atoms with Crippen molar-refractivity contribution in [3.05, 3.63) is 73.8 Å². The summed E-state index contributed by atoms with van der Waals surface area (Å²) in [6.45, 7) is -0.400. The van der Waals surface area contributed by atoms with Crippen LogP contribution in [0.5, 0.6) is 0 Å². The molecule has 4 aromatic rings. The van der Waals surface area contributed by atoms with Crippen molar-refractivity contribution in [2.24, 2.45) is 7.05 Å². The molecule has 3 aromatic heterocycles. The van der Waals surface area contributed by atoms with E-state index in [4.69, 9.17) is 4.42 Å². The highest BCUT2D eigenvalue weighted by molar-refractivity contribution is 9.10. The average molecular weight is 449 g/mol. The highest BCUT2D eigenvalue weighted by atomic mass is 79.9. The Morgan fingerprint density at radius 2 is 1.89 bits per heavy atom. The molecule has 144 valence electrons. The van der Waals surface area contributed by atoms with Crippen LogP contribution in [0.25, 0.3) is 11.2 Å². The molecule has 0 amide bonds. The van der Waals surface area contributed by atoms with Crippen LogP contribution in [0, 0.1) is 0 Å². The van der Waals surface area contributed by atoms with Crippen molar-refractivity contribution < 1.29 is 8.81 Å². The summed E-state index contributed by atoms with van der Waals surface area (Å²) in [5.74, 6) is -0.809. The standard InChI is InChI=1S/C17H14BrFN6O3/c1-23-8-20-15-14(23)16(26)24(9-21-15)7-13-22-25(17(27)28-13)6-12(19)10-2-4-11(18)5-3-10/h2-5,8-9,12H,6-7H2,1H3. The van der Waals surface area contributed by atoms with Crippen molar-refractivity contribution in [2.75, 3.05) is 0 Å². The van der Waals surface area contributed by atoms with E-state index in [0.29, 0.717) is 16.7 Å². The van der Waals surface area contributed by atoms with Gasteiger partial charge in [-0.05, 0) is 17.7 Å². The van der Waals surface area contributed by atoms with Crippen molar-refractivity contribution in [3.63, 3.8) is 0 Å². The summed E-state index contributed by atoms with van der Waals surface area (Å²) in [5.41, 5.74) is 0.719. The number of aromatic nitrogens is 6. The Kier molecular flexibility index (Phi) is 4.67. The molecule has 0 spiro atoms. The minimum absolute atomic E-state index is 0.0153. The molecule has 0 fully saturated rings. The molecule has 0 aliphatic carbocycles. The summed E-state index contributed by atoms with van der Waals surface area (Å²) in [6, 6.07) is 6.67. The number of halogens is 2. The molecular weight excluding hydrogens is 435 g/mol. The van der Waals surface area contributed by atoms with E-state index >= 15 is 0 Å². The number of benzene rings is 1. The smallest absolute Gasteiger partial charge is 0.390 e. The molecule has 0 bridgehead atoms. The third-order valence-corrected chi connectivity index (χ3v) is 4.75. The molecule has 0 radical (unpaired) electrons. The van der Waals surface area contributed by atoms with E-state index in [1.54, 1.807) is 35.9 Å². The first-order chi connectivity index (χ1) is 13.4. The van der Waals surface area contributed by atoms with Crippen molar-refractivity contribution in [2.45, 2.75) is 19.3 Å². The van der Waals surface area contributed by atoms with Crippen LogP contribution in [0.1, 0.15) is 17.6 Å². The predicted octanol–water partition coefficient (Wildman–Crippen LogP) is 1.80. The Hall–Kier alpha value is -3.08. The van der Waals surface area contributed by atoms with Crippen molar-refractivity contribution >= 4 is 27.1 Å². The number of rotatable bonds is 5. The zero-order valence-corrected chi connectivity index (χ0v) is 16.2. The molecule has 0 N–H and O–H groups in total. The number of hydrogen-bond donors (Lipinski definition) is 0. The molecule has 1 atom stereocenters. The van der Waals surface area contributed by atoms with Crippen molar-refractivity contribution in [1.82, 2.24) is 28.9 Å². The molecule has 0 saturated heterocycles. The number of alkyl halides is 1. The van der Waals surface area contributed by atoms with E-state index in [-0.39, 0.29) is 24.5 Å². The van der Waals surface area contributed by atoms with Crippen LogP contribution in [-0.2, 0) is 20.1 Å². The minimum Gasteiger partial charge on any atom is -0.390 e. The van der Waals surface area contributed by atoms with Gasteiger partial charge in [-0.25, -0.2) is 19.2 Å². The molecule has 1 unspecified atom stereocenters. The zero-order chi connectivity index (χ0) is 19.8. The molecule has 4 rings (SSSR count). The number of imidazole rings is 1. The van der Waals surface area contributed by atoms with Gasteiger partial charge in [0.25, 0.3) is 5.56 Å². The lowest BCUT2D eigenvalue weighted by molar-refractivity contribution is 0.283. The average Bonchev–Trinajstić information content (AvgIpc) is 3.21. The van der Waals surface area contributed by atoms with Crippen molar-refractivity contribution in [3.8, 4) is 0 Å². The predicted molar refractivity (Wildman–Crippen MR) is 101 cm³/mol. The largest absolute Gasteiger partial charge is 0.437 e. The van der Waals surface area contributed by atoms with Gasteiger partial charge in [0.2, 0.25) is 5.89 Å². The molecule has 0 saturated carbocycles. The first kappa shape index (κ1) is 18.3. The Morgan fingerprint density at radius 3 is 2.64 bits per heavy atom. The summed E-state index contributed by atoms with van der Waals surface area (Å²) >= 11 is 3.29. The van der Waals surface area contributed by atoms with Gasteiger partial charge in [0.1, 0.15) is 19.0 Å². The number of aryl methyl sites for hydroxylation is 1. The number of nitrogens with zero attached hydrogens (tertiary/aromatic N) is 6. The third-order valence-electron chi connectivity index (χ3n) is 4.22. The minimum atomic E-state index is -1.43. The van der Waals surface area contributed by atoms with E-state index in [1.807, 2.05) is 0 Å². The Balaban J connectivity index is 1.57. The Morgan fingerprint density at radius 1 is 1.18 bits per heavy atom. The molecule has 0 aliphatic rings. The quantitative estimate of drug-likeness (QED) is 0.461. The van der Waals surface area contributed by atoms with Gasteiger partial charge in [-0.15, -0.1) is 5.10 Å². The van der Waals surface area contributed by atoms with Gasteiger partial charge in [-0.3, -0.25) is 9.36 Å². The van der Waals surface area contributed by atoms with Crippen LogP contribution in [0.3, 0.4) is 0 Å². The molecular formula is C17H14BrFN6O3. The van der Waals surface area contributed by atoms with Crippen LogP contribution in [0.15, 0.2) is 55.4 Å². The molecule has 3 heterocycles. The number of hydrogen-bond acceptors (Lipinski definition) is 6. The normalized spacial score (nSPS) is 12.5. The van der Waals surface area contributed by atoms with Crippen LogP contribution in [0.2, 0.25) is 0 Å². The second-order valence-corrected chi connectivity index (χ2v) is 7.08. The van der Waals surface area contributed by atoms with Crippen LogP contribution in [0.4, 0.5) is 4.39 Å². The lowest BCUT2D eigenvalue weighted by Crippen LogP contribution is -2.23. The summed E-state index contributed by atoms with van der Waals surface area (Å²) in [5, 5.41) is 4.00. The molecule has 28 heavy (non-hydrogen) atoms. The number of fused-ring (bicyclic) bond motifs is 1. The Labute approximate surface area is 165 Å². The summed E-state index contributed by atoms with van der Waals surface area (Å²) in [7, 11) is 1.68. The topological polar surface area (TPSA) is 101 Å². The van der Waals surface area contributed by atoms with Crippen LogP contribution < -0.4 is 11.3 Å². The van der Waals surface area contributed by atoms with Crippen molar-refractivity contribution in [1.29, 1.82) is 0 Å². The highest BCUT2D eigenvalue weighted by Gasteiger charge is 2.17. The lowest BCUT2D eigenvalue weighted by atomic mass is 10.1. The second kappa shape index (κ2) is 7.15.